The Balaban J connectivity index is 1.51. The standard InChI is InChI=1S/C14H25N3O/c1-11-10-15-6-9-17(11)13-4-7-16(8-5-13)14(18)12-2-3-12/h11-13,15H,2-10H2,1H3/t11-/m0/s1. The van der Waals surface area contributed by atoms with Gasteiger partial charge in [-0.2, -0.15) is 0 Å². The van der Waals surface area contributed by atoms with Gasteiger partial charge in [0.05, 0.1) is 0 Å². The van der Waals surface area contributed by atoms with E-state index in [9.17, 15) is 4.79 Å². The zero-order valence-corrected chi connectivity index (χ0v) is 11.4. The fourth-order valence-electron chi connectivity index (χ4n) is 3.41. The van der Waals surface area contributed by atoms with E-state index in [1.165, 1.54) is 19.4 Å². The largest absolute Gasteiger partial charge is 0.342 e. The molecule has 1 atom stereocenters. The summed E-state index contributed by atoms with van der Waals surface area (Å²) in [6, 6.07) is 1.35. The third-order valence-corrected chi connectivity index (χ3v) is 4.72. The van der Waals surface area contributed by atoms with Crippen LogP contribution in [0.5, 0.6) is 0 Å². The minimum absolute atomic E-state index is 0.389. The van der Waals surface area contributed by atoms with E-state index in [0.29, 0.717) is 23.9 Å². The van der Waals surface area contributed by atoms with Crippen molar-refractivity contribution in [2.24, 2.45) is 5.92 Å². The molecule has 0 aromatic heterocycles. The van der Waals surface area contributed by atoms with E-state index >= 15 is 0 Å². The summed E-state index contributed by atoms with van der Waals surface area (Å²) in [6.45, 7) is 7.68. The fourth-order valence-corrected chi connectivity index (χ4v) is 3.41. The lowest BCUT2D eigenvalue weighted by molar-refractivity contribution is -0.134. The molecule has 1 N–H and O–H groups in total. The van der Waals surface area contributed by atoms with Crippen molar-refractivity contribution < 1.29 is 4.79 Å². The van der Waals surface area contributed by atoms with E-state index in [1.54, 1.807) is 0 Å². The molecule has 0 bridgehead atoms. The highest BCUT2D eigenvalue weighted by molar-refractivity contribution is 5.81. The van der Waals surface area contributed by atoms with Crippen LogP contribution in [0.3, 0.4) is 0 Å². The zero-order chi connectivity index (χ0) is 12.5. The normalized spacial score (nSPS) is 31.6. The first-order valence-corrected chi connectivity index (χ1v) is 7.51. The number of piperazine rings is 1. The minimum Gasteiger partial charge on any atom is -0.342 e. The van der Waals surface area contributed by atoms with Gasteiger partial charge < -0.3 is 10.2 Å². The number of likely N-dealkylation sites (tertiary alicyclic amines) is 1. The number of hydrogen-bond donors (Lipinski definition) is 1. The SMILES string of the molecule is C[C@H]1CNCCN1C1CCN(C(=O)C2CC2)CC1. The summed E-state index contributed by atoms with van der Waals surface area (Å²) in [5, 5.41) is 3.45. The third-order valence-electron chi connectivity index (χ3n) is 4.72. The quantitative estimate of drug-likeness (QED) is 0.784. The van der Waals surface area contributed by atoms with Gasteiger partial charge in [0.25, 0.3) is 0 Å². The van der Waals surface area contributed by atoms with E-state index in [4.69, 9.17) is 0 Å². The van der Waals surface area contributed by atoms with Crippen molar-refractivity contribution in [3.63, 3.8) is 0 Å². The number of nitrogens with one attached hydrogen (secondary N) is 1. The van der Waals surface area contributed by atoms with E-state index in [1.807, 2.05) is 0 Å². The highest BCUT2D eigenvalue weighted by Gasteiger charge is 2.36. The molecule has 1 amide bonds. The third kappa shape index (κ3) is 2.54. The molecular formula is C14H25N3O. The molecule has 4 nitrogen and oxygen atoms in total. The van der Waals surface area contributed by atoms with E-state index in [0.717, 1.165) is 39.0 Å². The van der Waals surface area contributed by atoms with Gasteiger partial charge in [0.1, 0.15) is 0 Å². The van der Waals surface area contributed by atoms with Crippen LogP contribution in [0.1, 0.15) is 32.6 Å². The van der Waals surface area contributed by atoms with Crippen molar-refractivity contribution >= 4 is 5.91 Å². The van der Waals surface area contributed by atoms with Gasteiger partial charge in [0.2, 0.25) is 5.91 Å². The van der Waals surface area contributed by atoms with Crippen LogP contribution in [0.2, 0.25) is 0 Å². The first-order valence-electron chi connectivity index (χ1n) is 7.51. The first kappa shape index (κ1) is 12.4. The number of carbonyl (C=O) groups excluding carboxylic acids is 1. The van der Waals surface area contributed by atoms with Gasteiger partial charge in [-0.3, -0.25) is 9.69 Å². The van der Waals surface area contributed by atoms with Crippen molar-refractivity contribution in [3.8, 4) is 0 Å². The molecule has 0 aromatic carbocycles. The zero-order valence-electron chi connectivity index (χ0n) is 11.4. The molecule has 3 fully saturated rings. The molecule has 102 valence electrons. The lowest BCUT2D eigenvalue weighted by atomic mass is 10.00. The average Bonchev–Trinajstić information content (AvgIpc) is 3.23. The van der Waals surface area contributed by atoms with E-state index < -0.39 is 0 Å². The molecule has 2 saturated heterocycles. The number of nitrogens with zero attached hydrogens (tertiary/aromatic N) is 2. The van der Waals surface area contributed by atoms with Crippen molar-refractivity contribution in [1.29, 1.82) is 0 Å². The van der Waals surface area contributed by atoms with Crippen LogP contribution in [0.15, 0.2) is 0 Å². The maximum atomic E-state index is 12.0. The van der Waals surface area contributed by atoms with Gasteiger partial charge in [0.15, 0.2) is 0 Å². The second-order valence-corrected chi connectivity index (χ2v) is 6.12. The Kier molecular flexibility index (Phi) is 3.57. The molecule has 3 aliphatic rings. The smallest absolute Gasteiger partial charge is 0.225 e. The summed E-state index contributed by atoms with van der Waals surface area (Å²) in [4.78, 5) is 16.8. The molecule has 2 heterocycles. The molecule has 1 saturated carbocycles. The molecule has 2 aliphatic heterocycles. The molecule has 0 aromatic rings. The highest BCUT2D eigenvalue weighted by Crippen LogP contribution is 2.32. The van der Waals surface area contributed by atoms with Gasteiger partial charge in [-0.15, -0.1) is 0 Å². The number of piperidine rings is 1. The van der Waals surface area contributed by atoms with Gasteiger partial charge in [-0.1, -0.05) is 0 Å². The molecule has 0 unspecified atom stereocenters. The van der Waals surface area contributed by atoms with Crippen LogP contribution in [-0.4, -0.2) is 60.5 Å². The van der Waals surface area contributed by atoms with Crippen molar-refractivity contribution in [2.75, 3.05) is 32.7 Å². The Morgan fingerprint density at radius 3 is 2.44 bits per heavy atom. The maximum Gasteiger partial charge on any atom is 0.225 e. The molecule has 4 heteroatoms. The minimum atomic E-state index is 0.389. The Morgan fingerprint density at radius 2 is 1.83 bits per heavy atom. The molecule has 0 spiro atoms. The summed E-state index contributed by atoms with van der Waals surface area (Å²) in [5.41, 5.74) is 0. The summed E-state index contributed by atoms with van der Waals surface area (Å²) in [6.07, 6.45) is 4.60. The van der Waals surface area contributed by atoms with Gasteiger partial charge >= 0.3 is 0 Å². The predicted molar refractivity (Wildman–Crippen MR) is 71.4 cm³/mol. The van der Waals surface area contributed by atoms with Crippen LogP contribution in [0, 0.1) is 5.92 Å². The summed E-state index contributed by atoms with van der Waals surface area (Å²) >= 11 is 0. The van der Waals surface area contributed by atoms with Gasteiger partial charge in [0, 0.05) is 50.7 Å². The molecular weight excluding hydrogens is 226 g/mol. The van der Waals surface area contributed by atoms with Crippen molar-refractivity contribution in [1.82, 2.24) is 15.1 Å². The Labute approximate surface area is 110 Å². The van der Waals surface area contributed by atoms with Crippen molar-refractivity contribution in [3.05, 3.63) is 0 Å². The number of rotatable bonds is 2. The predicted octanol–water partition coefficient (Wildman–Crippen LogP) is 0.681. The van der Waals surface area contributed by atoms with Gasteiger partial charge in [-0.25, -0.2) is 0 Å². The van der Waals surface area contributed by atoms with Crippen LogP contribution in [0.4, 0.5) is 0 Å². The maximum absolute atomic E-state index is 12.0. The topological polar surface area (TPSA) is 35.6 Å². The van der Waals surface area contributed by atoms with Crippen LogP contribution in [0.25, 0.3) is 0 Å². The second kappa shape index (κ2) is 5.17. The van der Waals surface area contributed by atoms with Crippen molar-refractivity contribution in [2.45, 2.75) is 44.7 Å². The number of carbonyl (C=O) groups is 1. The first-order chi connectivity index (χ1) is 8.75. The van der Waals surface area contributed by atoms with Crippen LogP contribution < -0.4 is 5.32 Å². The van der Waals surface area contributed by atoms with E-state index in [2.05, 4.69) is 22.0 Å². The summed E-state index contributed by atoms with van der Waals surface area (Å²) in [5.74, 6) is 0.821. The highest BCUT2D eigenvalue weighted by atomic mass is 16.2. The summed E-state index contributed by atoms with van der Waals surface area (Å²) < 4.78 is 0. The monoisotopic (exact) mass is 251 g/mol. The van der Waals surface area contributed by atoms with Gasteiger partial charge in [-0.05, 0) is 32.6 Å². The fraction of sp³-hybridized carbons (Fsp3) is 0.929. The lowest BCUT2D eigenvalue weighted by Gasteiger charge is -2.43. The van der Waals surface area contributed by atoms with Crippen LogP contribution >= 0.6 is 0 Å². The average molecular weight is 251 g/mol. The van der Waals surface area contributed by atoms with Crippen LogP contribution in [-0.2, 0) is 4.79 Å². The Hall–Kier alpha value is -0.610. The molecule has 18 heavy (non-hydrogen) atoms. The Bertz CT molecular complexity index is 308. The molecule has 1 aliphatic carbocycles. The number of hydrogen-bond acceptors (Lipinski definition) is 3. The molecule has 3 rings (SSSR count). The Morgan fingerprint density at radius 1 is 1.11 bits per heavy atom. The molecule has 0 radical (unpaired) electrons. The summed E-state index contributed by atoms with van der Waals surface area (Å²) in [7, 11) is 0. The second-order valence-electron chi connectivity index (χ2n) is 6.12. The van der Waals surface area contributed by atoms with E-state index in [-0.39, 0.29) is 0 Å². The lowest BCUT2D eigenvalue weighted by Crippen LogP contribution is -2.56. The number of amides is 1.